The van der Waals surface area contributed by atoms with Crippen LogP contribution in [0.5, 0.6) is 0 Å². The minimum absolute atomic E-state index is 0.000666. The van der Waals surface area contributed by atoms with Crippen molar-refractivity contribution in [3.05, 3.63) is 42.0 Å². The summed E-state index contributed by atoms with van der Waals surface area (Å²) >= 11 is 0. The van der Waals surface area contributed by atoms with E-state index in [2.05, 4.69) is 11.9 Å². The van der Waals surface area contributed by atoms with Crippen molar-refractivity contribution in [3.63, 3.8) is 0 Å². The van der Waals surface area contributed by atoms with Gasteiger partial charge in [0.25, 0.3) is 5.91 Å². The van der Waals surface area contributed by atoms with Crippen LogP contribution in [-0.4, -0.2) is 43.5 Å². The average molecular weight is 274 g/mol. The predicted molar refractivity (Wildman–Crippen MR) is 76.0 cm³/mol. The number of amides is 2. The molecule has 0 saturated heterocycles. The molecule has 2 rings (SSSR count). The highest BCUT2D eigenvalue weighted by Gasteiger charge is 2.31. The van der Waals surface area contributed by atoms with Gasteiger partial charge in [0, 0.05) is 37.1 Å². The van der Waals surface area contributed by atoms with Crippen LogP contribution in [0.15, 0.2) is 30.8 Å². The van der Waals surface area contributed by atoms with Crippen LogP contribution >= 0.6 is 0 Å². The summed E-state index contributed by atoms with van der Waals surface area (Å²) in [5, 5.41) is 2.76. The van der Waals surface area contributed by atoms with Crippen LogP contribution in [0.2, 0.25) is 0 Å². The number of nitrogens with zero attached hydrogens (tertiary/aromatic N) is 1. The van der Waals surface area contributed by atoms with Crippen LogP contribution in [0.1, 0.15) is 22.3 Å². The van der Waals surface area contributed by atoms with E-state index in [0.29, 0.717) is 24.4 Å². The summed E-state index contributed by atoms with van der Waals surface area (Å²) in [5.74, 6) is -0.360. The Morgan fingerprint density at radius 3 is 2.70 bits per heavy atom. The maximum Gasteiger partial charge on any atom is 0.259 e. The molecular formula is C15H18N2O3. The zero-order valence-corrected chi connectivity index (χ0v) is 11.5. The molecule has 1 aromatic carbocycles. The van der Waals surface area contributed by atoms with Gasteiger partial charge in [0.1, 0.15) is 6.54 Å². The van der Waals surface area contributed by atoms with Crippen LogP contribution in [-0.2, 0) is 9.53 Å². The van der Waals surface area contributed by atoms with Gasteiger partial charge in [-0.15, -0.1) is 0 Å². The first-order valence-corrected chi connectivity index (χ1v) is 6.51. The Morgan fingerprint density at radius 1 is 1.35 bits per heavy atom. The quantitative estimate of drug-likeness (QED) is 0.795. The van der Waals surface area contributed by atoms with Gasteiger partial charge in [-0.1, -0.05) is 24.8 Å². The fourth-order valence-corrected chi connectivity index (χ4v) is 2.15. The number of ether oxygens (including phenoxy) is 1. The molecule has 0 fully saturated rings. The van der Waals surface area contributed by atoms with Crippen molar-refractivity contribution in [1.82, 2.24) is 10.2 Å². The smallest absolute Gasteiger partial charge is 0.259 e. The summed E-state index contributed by atoms with van der Waals surface area (Å²) in [4.78, 5) is 25.4. The van der Waals surface area contributed by atoms with Gasteiger partial charge in [-0.25, -0.2) is 0 Å². The normalized spacial score (nSPS) is 13.6. The molecule has 1 aliphatic rings. The Morgan fingerprint density at radius 2 is 2.05 bits per heavy atom. The van der Waals surface area contributed by atoms with E-state index < -0.39 is 0 Å². The summed E-state index contributed by atoms with van der Waals surface area (Å²) < 4.78 is 4.90. The topological polar surface area (TPSA) is 58.6 Å². The van der Waals surface area contributed by atoms with E-state index in [-0.39, 0.29) is 18.4 Å². The standard InChI is InChI=1S/C15H18N2O3/c1-11-12-6-3-4-7-13(12)15(19)17(11)10-14(18)16-8-5-9-20-2/h3-4,6-7H,1,5,8-10H2,2H3,(H,16,18). The molecule has 1 aliphatic heterocycles. The number of carbonyl (C=O) groups excluding carboxylic acids is 2. The van der Waals surface area contributed by atoms with Gasteiger partial charge < -0.3 is 10.1 Å². The van der Waals surface area contributed by atoms with Crippen molar-refractivity contribution in [1.29, 1.82) is 0 Å². The van der Waals surface area contributed by atoms with Crippen molar-refractivity contribution in [2.75, 3.05) is 26.8 Å². The second-order valence-electron chi connectivity index (χ2n) is 4.58. The first-order chi connectivity index (χ1) is 9.65. The fraction of sp³-hybridized carbons (Fsp3) is 0.333. The van der Waals surface area contributed by atoms with Crippen molar-refractivity contribution >= 4 is 17.5 Å². The van der Waals surface area contributed by atoms with Crippen molar-refractivity contribution in [3.8, 4) is 0 Å². The van der Waals surface area contributed by atoms with Gasteiger partial charge in [-0.05, 0) is 12.5 Å². The number of hydrogen-bond acceptors (Lipinski definition) is 3. The third kappa shape index (κ3) is 2.88. The minimum Gasteiger partial charge on any atom is -0.385 e. The highest BCUT2D eigenvalue weighted by atomic mass is 16.5. The molecule has 0 radical (unpaired) electrons. The Labute approximate surface area is 118 Å². The molecule has 1 N–H and O–H groups in total. The second-order valence-corrected chi connectivity index (χ2v) is 4.58. The molecule has 0 spiro atoms. The Hall–Kier alpha value is -2.14. The van der Waals surface area contributed by atoms with Crippen molar-refractivity contribution < 1.29 is 14.3 Å². The van der Waals surface area contributed by atoms with Crippen LogP contribution in [0.3, 0.4) is 0 Å². The van der Waals surface area contributed by atoms with Gasteiger partial charge in [-0.2, -0.15) is 0 Å². The third-order valence-corrected chi connectivity index (χ3v) is 3.19. The van der Waals surface area contributed by atoms with Gasteiger partial charge in [0.05, 0.1) is 0 Å². The van der Waals surface area contributed by atoms with E-state index in [1.807, 2.05) is 12.1 Å². The van der Waals surface area contributed by atoms with Crippen LogP contribution in [0, 0.1) is 0 Å². The maximum atomic E-state index is 12.2. The molecule has 1 aromatic rings. The number of hydrogen-bond donors (Lipinski definition) is 1. The third-order valence-electron chi connectivity index (χ3n) is 3.19. The second kappa shape index (κ2) is 6.34. The lowest BCUT2D eigenvalue weighted by molar-refractivity contribution is -0.121. The Kier molecular flexibility index (Phi) is 4.53. The highest BCUT2D eigenvalue weighted by Crippen LogP contribution is 2.30. The number of rotatable bonds is 6. The van der Waals surface area contributed by atoms with E-state index in [4.69, 9.17) is 4.74 Å². The van der Waals surface area contributed by atoms with Gasteiger partial charge in [-0.3, -0.25) is 14.5 Å². The lowest BCUT2D eigenvalue weighted by Gasteiger charge is -2.16. The maximum absolute atomic E-state index is 12.2. The molecule has 0 aromatic heterocycles. The molecule has 0 atom stereocenters. The number of nitrogens with one attached hydrogen (secondary N) is 1. The molecule has 5 nitrogen and oxygen atoms in total. The molecular weight excluding hydrogens is 256 g/mol. The van der Waals surface area contributed by atoms with Gasteiger partial charge in [0.2, 0.25) is 5.91 Å². The van der Waals surface area contributed by atoms with E-state index in [1.54, 1.807) is 19.2 Å². The summed E-state index contributed by atoms with van der Waals surface area (Å²) in [6.07, 6.45) is 0.747. The molecule has 0 bridgehead atoms. The molecule has 0 aliphatic carbocycles. The molecule has 20 heavy (non-hydrogen) atoms. The number of methoxy groups -OCH3 is 1. The van der Waals surface area contributed by atoms with E-state index >= 15 is 0 Å². The average Bonchev–Trinajstić information content (AvgIpc) is 2.69. The summed E-state index contributed by atoms with van der Waals surface area (Å²) in [6.45, 7) is 5.03. The predicted octanol–water partition coefficient (Wildman–Crippen LogP) is 1.27. The SMILES string of the molecule is C=C1c2ccccc2C(=O)N1CC(=O)NCCCOC. The molecule has 2 amide bonds. The first-order valence-electron chi connectivity index (χ1n) is 6.51. The van der Waals surface area contributed by atoms with Gasteiger partial charge in [0.15, 0.2) is 0 Å². The van der Waals surface area contributed by atoms with E-state index in [1.165, 1.54) is 4.90 Å². The monoisotopic (exact) mass is 274 g/mol. The van der Waals surface area contributed by atoms with Crippen LogP contribution < -0.4 is 5.32 Å². The Balaban J connectivity index is 1.93. The lowest BCUT2D eigenvalue weighted by Crippen LogP contribution is -2.37. The summed E-state index contributed by atoms with van der Waals surface area (Å²) in [6, 6.07) is 7.25. The number of benzene rings is 1. The van der Waals surface area contributed by atoms with Gasteiger partial charge >= 0.3 is 0 Å². The zero-order chi connectivity index (χ0) is 14.5. The zero-order valence-electron chi connectivity index (χ0n) is 11.5. The van der Waals surface area contributed by atoms with Crippen LogP contribution in [0.25, 0.3) is 5.70 Å². The van der Waals surface area contributed by atoms with Crippen molar-refractivity contribution in [2.24, 2.45) is 0 Å². The lowest BCUT2D eigenvalue weighted by atomic mass is 10.1. The fourth-order valence-electron chi connectivity index (χ4n) is 2.15. The summed E-state index contributed by atoms with van der Waals surface area (Å²) in [7, 11) is 1.62. The summed E-state index contributed by atoms with van der Waals surface area (Å²) in [5.41, 5.74) is 1.98. The Bertz CT molecular complexity index is 505. The minimum atomic E-state index is -0.191. The highest BCUT2D eigenvalue weighted by molar-refractivity contribution is 6.10. The van der Waals surface area contributed by atoms with E-state index in [0.717, 1.165) is 12.0 Å². The first kappa shape index (κ1) is 14.3. The molecule has 5 heteroatoms. The largest absolute Gasteiger partial charge is 0.385 e. The number of fused-ring (bicyclic) bond motifs is 1. The van der Waals surface area contributed by atoms with Crippen molar-refractivity contribution in [2.45, 2.75) is 6.42 Å². The van der Waals surface area contributed by atoms with E-state index in [9.17, 15) is 9.59 Å². The van der Waals surface area contributed by atoms with Crippen LogP contribution in [0.4, 0.5) is 0 Å². The molecule has 1 heterocycles. The number of carbonyl (C=O) groups is 2. The molecule has 0 unspecified atom stereocenters. The molecule has 0 saturated carbocycles. The molecule has 106 valence electrons.